The maximum absolute atomic E-state index is 13.0. The molecule has 1 aromatic rings. The van der Waals surface area contributed by atoms with Crippen LogP contribution in [0.4, 0.5) is 0 Å². The zero-order valence-corrected chi connectivity index (χ0v) is 25.8. The number of nitrogens with one attached hydrogen (secondary N) is 3. The topological polar surface area (TPSA) is 243 Å². The molecular weight excluding hydrogens is 602 g/mol. The summed E-state index contributed by atoms with van der Waals surface area (Å²) in [4.78, 5) is 64.6. The Balaban J connectivity index is 1.59. The van der Waals surface area contributed by atoms with Gasteiger partial charge in [0, 0.05) is 25.9 Å². The number of aliphatic hydroxyl groups is 2. The lowest BCUT2D eigenvalue weighted by Gasteiger charge is -2.35. The van der Waals surface area contributed by atoms with Crippen LogP contribution in [0.1, 0.15) is 25.5 Å². The van der Waals surface area contributed by atoms with Gasteiger partial charge in [-0.3, -0.25) is 28.7 Å². The van der Waals surface area contributed by atoms with E-state index in [1.807, 2.05) is 19.6 Å². The molecule has 2 saturated heterocycles. The number of nitrogens with zero attached hydrogens (tertiary/aromatic N) is 1. The molecule has 4 rings (SSSR count). The largest absolute Gasteiger partial charge is 0.456 e. The lowest BCUT2D eigenvalue weighted by atomic mass is 10.0. The number of aromatic amines is 1. The lowest BCUT2D eigenvalue weighted by Crippen LogP contribution is -2.55. The van der Waals surface area contributed by atoms with Crippen molar-refractivity contribution < 1.29 is 48.0 Å². The first kappa shape index (κ1) is 33.5. The number of H-pyrrole nitrogens is 1. The molecule has 7 N–H and O–H groups in total. The number of amides is 3. The molecule has 4 heterocycles. The minimum Gasteiger partial charge on any atom is -0.456 e. The van der Waals surface area contributed by atoms with E-state index in [2.05, 4.69) is 15.6 Å². The Morgan fingerprint density at radius 3 is 2.55 bits per heavy atom. The number of methoxy groups -OCH3 is 1. The summed E-state index contributed by atoms with van der Waals surface area (Å²) in [6, 6.07) is 0.265. The van der Waals surface area contributed by atoms with E-state index in [-0.39, 0.29) is 5.91 Å². The molecule has 0 saturated carbocycles. The number of hydrogen-bond donors (Lipinski definition) is 6. The first-order chi connectivity index (χ1) is 20.7. The predicted molar refractivity (Wildman–Crippen MR) is 152 cm³/mol. The smallest absolute Gasteiger partial charge is 0.330 e. The number of rotatable bonds is 10. The average molecular weight is 642 g/mol. The first-order valence-corrected chi connectivity index (χ1v) is 17.6. The van der Waals surface area contributed by atoms with E-state index in [1.165, 1.54) is 13.3 Å². The Morgan fingerprint density at radius 1 is 1.18 bits per heavy atom. The van der Waals surface area contributed by atoms with Gasteiger partial charge in [-0.15, -0.1) is 0 Å². The predicted octanol–water partition coefficient (Wildman–Crippen LogP) is -2.71. The van der Waals surface area contributed by atoms with Gasteiger partial charge in [-0.05, 0) is 45.0 Å². The van der Waals surface area contributed by atoms with Gasteiger partial charge in [0.15, 0.2) is 26.4 Å². The van der Waals surface area contributed by atoms with Crippen LogP contribution in [-0.4, -0.2) is 108 Å². The summed E-state index contributed by atoms with van der Waals surface area (Å²) in [5.74, 6) is -2.76. The second kappa shape index (κ2) is 13.7. The number of hydrogen-bond acceptors (Lipinski definition) is 12. The van der Waals surface area contributed by atoms with E-state index in [0.717, 1.165) is 23.1 Å². The third-order valence-electron chi connectivity index (χ3n) is 7.23. The molecule has 44 heavy (non-hydrogen) atoms. The SMILES string of the molecule is CO[C@H]1[C@@H](O[Si](C)(C)C)[C@H](n2ccc(=O)[nH]c2=O)O[C@@H]1[C@@H](O[C@H]1OC(C(=O)N[C@H]2CCCCNC2=O)=C[C@H](O)[C@@H]1O)C(N)=O. The van der Waals surface area contributed by atoms with Crippen LogP contribution in [0.15, 0.2) is 33.7 Å². The molecule has 0 radical (unpaired) electrons. The summed E-state index contributed by atoms with van der Waals surface area (Å²) in [7, 11) is -1.05. The number of ether oxygens (including phenoxy) is 4. The first-order valence-electron chi connectivity index (χ1n) is 14.2. The molecule has 17 nitrogen and oxygen atoms in total. The minimum absolute atomic E-state index is 0.371. The van der Waals surface area contributed by atoms with Gasteiger partial charge in [0.2, 0.25) is 18.1 Å². The van der Waals surface area contributed by atoms with Crippen molar-refractivity contribution in [1.82, 2.24) is 20.2 Å². The Labute approximate surface area is 252 Å². The van der Waals surface area contributed by atoms with E-state index in [4.69, 9.17) is 29.1 Å². The van der Waals surface area contributed by atoms with Crippen LogP contribution in [0.2, 0.25) is 19.6 Å². The fourth-order valence-corrected chi connectivity index (χ4v) is 6.27. The second-order valence-corrected chi connectivity index (χ2v) is 16.1. The summed E-state index contributed by atoms with van der Waals surface area (Å²) in [5.41, 5.74) is 4.25. The van der Waals surface area contributed by atoms with Crippen LogP contribution in [0, 0.1) is 0 Å². The summed E-state index contributed by atoms with van der Waals surface area (Å²) >= 11 is 0. The third kappa shape index (κ3) is 7.63. The molecule has 2 fully saturated rings. The molecule has 3 amide bonds. The van der Waals surface area contributed by atoms with Crippen molar-refractivity contribution >= 4 is 26.0 Å². The van der Waals surface area contributed by atoms with Crippen LogP contribution < -0.4 is 27.6 Å². The van der Waals surface area contributed by atoms with Crippen molar-refractivity contribution in [2.24, 2.45) is 5.73 Å². The normalized spacial score (nSPS) is 31.7. The number of carbonyl (C=O) groups excluding carboxylic acids is 3. The van der Waals surface area contributed by atoms with Gasteiger partial charge in [0.25, 0.3) is 11.5 Å². The molecule has 0 aliphatic carbocycles. The summed E-state index contributed by atoms with van der Waals surface area (Å²) in [6.07, 6.45) is -7.60. The molecule has 3 aliphatic heterocycles. The van der Waals surface area contributed by atoms with Crippen LogP contribution >= 0.6 is 0 Å². The average Bonchev–Trinajstić information content (AvgIpc) is 3.14. The maximum atomic E-state index is 13.0. The molecule has 0 spiro atoms. The van der Waals surface area contributed by atoms with Crippen LogP contribution in [0.3, 0.4) is 0 Å². The second-order valence-electron chi connectivity index (χ2n) is 11.7. The molecule has 3 aliphatic rings. The molecule has 0 aromatic carbocycles. The number of nitrogens with two attached hydrogens (primary N) is 1. The van der Waals surface area contributed by atoms with Crippen molar-refractivity contribution in [1.29, 1.82) is 0 Å². The van der Waals surface area contributed by atoms with Crippen molar-refractivity contribution in [2.45, 2.75) is 94.1 Å². The summed E-state index contributed by atoms with van der Waals surface area (Å²) < 4.78 is 30.5. The van der Waals surface area contributed by atoms with Gasteiger partial charge in [0.1, 0.15) is 36.6 Å². The molecule has 0 bridgehead atoms. The monoisotopic (exact) mass is 641 g/mol. The maximum Gasteiger partial charge on any atom is 0.330 e. The standard InChI is InChI=1S/C26H39N5O12Si/c1-39-17-18(41-24(20(17)43-44(2,3)4)31-10-8-15(33)30-26(31)38)19(21(27)35)42-25-16(34)13(32)11-14(40-25)23(37)29-12-7-5-6-9-28-22(12)36/h8,10-13,16-20,24-25,32,34H,5-7,9H2,1-4H3,(H2,27,35)(H,28,36)(H,29,37)(H,30,33,38)/t12-,13-,16-,17+,18-,19+,20+,24+,25+/m0/s1. The zero-order chi connectivity index (χ0) is 32.3. The molecular formula is C26H39N5O12Si. The van der Waals surface area contributed by atoms with Crippen molar-refractivity contribution in [2.75, 3.05) is 13.7 Å². The summed E-state index contributed by atoms with van der Waals surface area (Å²) in [6.45, 7) is 6.13. The van der Waals surface area contributed by atoms with Crippen LogP contribution in [0.5, 0.6) is 0 Å². The zero-order valence-electron chi connectivity index (χ0n) is 24.8. The highest BCUT2D eigenvalue weighted by Gasteiger charge is 2.54. The molecule has 1 aromatic heterocycles. The Kier molecular flexibility index (Phi) is 10.4. The highest BCUT2D eigenvalue weighted by Crippen LogP contribution is 2.37. The van der Waals surface area contributed by atoms with E-state index in [9.17, 15) is 34.2 Å². The molecule has 244 valence electrons. The lowest BCUT2D eigenvalue weighted by molar-refractivity contribution is -0.241. The van der Waals surface area contributed by atoms with E-state index in [1.54, 1.807) is 0 Å². The molecule has 9 atom stereocenters. The number of aliphatic hydroxyl groups excluding tert-OH is 2. The number of aromatic nitrogens is 2. The minimum atomic E-state index is -2.37. The van der Waals surface area contributed by atoms with Crippen molar-refractivity contribution in [3.05, 3.63) is 44.9 Å². The molecule has 18 heteroatoms. The van der Waals surface area contributed by atoms with Gasteiger partial charge in [-0.2, -0.15) is 0 Å². The molecule has 0 unspecified atom stereocenters. The van der Waals surface area contributed by atoms with Gasteiger partial charge >= 0.3 is 5.69 Å². The van der Waals surface area contributed by atoms with E-state index < -0.39 is 92.3 Å². The Bertz CT molecular complexity index is 1380. The highest BCUT2D eigenvalue weighted by molar-refractivity contribution is 6.69. The Hall–Kier alpha value is -3.39. The van der Waals surface area contributed by atoms with E-state index in [0.29, 0.717) is 19.4 Å². The quantitative estimate of drug-likeness (QED) is 0.143. The van der Waals surface area contributed by atoms with Crippen LogP contribution in [-0.2, 0) is 37.8 Å². The third-order valence-corrected chi connectivity index (χ3v) is 8.21. The van der Waals surface area contributed by atoms with Gasteiger partial charge in [-0.25, -0.2) is 4.79 Å². The summed E-state index contributed by atoms with van der Waals surface area (Å²) in [5, 5.41) is 26.4. The van der Waals surface area contributed by atoms with Crippen LogP contribution in [0.25, 0.3) is 0 Å². The van der Waals surface area contributed by atoms with Gasteiger partial charge < -0.3 is 50.0 Å². The number of carbonyl (C=O) groups is 3. The fraction of sp³-hybridized carbons (Fsp3) is 0.654. The fourth-order valence-electron chi connectivity index (χ4n) is 5.21. The number of primary amides is 1. The van der Waals surface area contributed by atoms with Gasteiger partial charge in [0.05, 0.1) is 0 Å². The Morgan fingerprint density at radius 2 is 1.91 bits per heavy atom. The highest BCUT2D eigenvalue weighted by atomic mass is 28.4. The van der Waals surface area contributed by atoms with Crippen molar-refractivity contribution in [3.8, 4) is 0 Å². The van der Waals surface area contributed by atoms with Gasteiger partial charge in [-0.1, -0.05) is 0 Å². The van der Waals surface area contributed by atoms with Crippen molar-refractivity contribution in [3.63, 3.8) is 0 Å². The van der Waals surface area contributed by atoms with E-state index >= 15 is 0 Å².